The first-order chi connectivity index (χ1) is 6.18. The first-order valence-electron chi connectivity index (χ1n) is 3.86. The Morgan fingerprint density at radius 1 is 1.38 bits per heavy atom. The smallest absolute Gasteiger partial charge is 0.135 e. The van der Waals surface area contributed by atoms with E-state index in [2.05, 4.69) is 15.9 Å². The van der Waals surface area contributed by atoms with Crippen LogP contribution in [0.2, 0.25) is 0 Å². The minimum absolute atomic E-state index is 0.810. The number of aryl methyl sites for hydroxylation is 1. The Morgan fingerprint density at radius 3 is 2.92 bits per heavy atom. The Hall–Kier alpha value is -0.670. The second-order valence-corrected chi connectivity index (χ2v) is 4.17. The number of hydrogen-bond donors (Lipinski definition) is 0. The summed E-state index contributed by atoms with van der Waals surface area (Å²) in [7, 11) is 0. The maximum Gasteiger partial charge on any atom is 0.135 e. The van der Waals surface area contributed by atoms with Gasteiger partial charge in [-0.15, -0.1) is 0 Å². The van der Waals surface area contributed by atoms with Crippen LogP contribution in [0, 0.1) is 11.4 Å². The van der Waals surface area contributed by atoms with Gasteiger partial charge in [0.25, 0.3) is 0 Å². The van der Waals surface area contributed by atoms with E-state index in [9.17, 15) is 0 Å². The molecule has 66 valence electrons. The third-order valence-electron chi connectivity index (χ3n) is 1.89. The molecule has 1 nitrogen and oxygen atoms in total. The van der Waals surface area contributed by atoms with Gasteiger partial charge in [-0.2, -0.15) is 0 Å². The molecule has 0 unspecified atom stereocenters. The highest BCUT2D eigenvalue weighted by molar-refractivity contribution is 9.10. The zero-order valence-corrected chi connectivity index (χ0v) is 9.41. The largest absolute Gasteiger partial charge is 0.463 e. The van der Waals surface area contributed by atoms with Gasteiger partial charge in [0.05, 0.1) is 8.98 Å². The third-order valence-corrected chi connectivity index (χ3v) is 3.17. The van der Waals surface area contributed by atoms with E-state index >= 15 is 0 Å². The molecule has 0 amide bonds. The van der Waals surface area contributed by atoms with E-state index in [-0.39, 0.29) is 0 Å². The van der Waals surface area contributed by atoms with Crippen LogP contribution >= 0.6 is 28.1 Å². The number of halogens is 1. The lowest BCUT2D eigenvalue weighted by atomic mass is 10.2. The number of benzene rings is 1. The zero-order valence-electron chi connectivity index (χ0n) is 7.00. The fourth-order valence-electron chi connectivity index (χ4n) is 1.22. The second-order valence-electron chi connectivity index (χ2n) is 2.91. The molecule has 0 aliphatic heterocycles. The molecular formula is C10H7BrOS. The normalized spacial score (nSPS) is 10.6. The monoisotopic (exact) mass is 254 g/mol. The first kappa shape index (κ1) is 8.91. The molecule has 0 aliphatic carbocycles. The summed E-state index contributed by atoms with van der Waals surface area (Å²) >= 11 is 8.59. The highest BCUT2D eigenvalue weighted by Gasteiger charge is 2.00. The van der Waals surface area contributed by atoms with Crippen LogP contribution in [0.4, 0.5) is 0 Å². The van der Waals surface area contributed by atoms with Crippen molar-refractivity contribution in [1.29, 1.82) is 0 Å². The molecule has 0 N–H and O–H groups in total. The van der Waals surface area contributed by atoms with E-state index in [4.69, 9.17) is 16.6 Å². The number of rotatable bonds is 0. The Labute approximate surface area is 89.5 Å². The minimum atomic E-state index is 0.810. The molecule has 0 spiro atoms. The van der Waals surface area contributed by atoms with E-state index in [1.54, 1.807) is 6.26 Å². The summed E-state index contributed by atoms with van der Waals surface area (Å²) in [4.78, 5) is 0. The van der Waals surface area contributed by atoms with Crippen LogP contribution in [-0.2, 0) is 0 Å². The van der Waals surface area contributed by atoms with Crippen LogP contribution in [-0.4, -0.2) is 0 Å². The number of hydrogen-bond acceptors (Lipinski definition) is 2. The first-order valence-corrected chi connectivity index (χ1v) is 5.06. The molecule has 1 aromatic carbocycles. The molecular weight excluding hydrogens is 248 g/mol. The molecule has 0 saturated heterocycles. The van der Waals surface area contributed by atoms with Crippen molar-refractivity contribution in [3.8, 4) is 0 Å². The molecule has 3 heteroatoms. The van der Waals surface area contributed by atoms with Gasteiger partial charge >= 0.3 is 0 Å². The highest BCUT2D eigenvalue weighted by Crippen LogP contribution is 2.23. The lowest BCUT2D eigenvalue weighted by molar-refractivity contribution is 0.599. The Morgan fingerprint density at radius 2 is 2.15 bits per heavy atom. The molecule has 0 bridgehead atoms. The van der Waals surface area contributed by atoms with Gasteiger partial charge < -0.3 is 4.42 Å². The van der Waals surface area contributed by atoms with Crippen LogP contribution in [0.5, 0.6) is 0 Å². The van der Waals surface area contributed by atoms with Gasteiger partial charge in [-0.05, 0) is 35.0 Å². The van der Waals surface area contributed by atoms with Gasteiger partial charge in [0.1, 0.15) is 11.8 Å². The van der Waals surface area contributed by atoms with Crippen molar-refractivity contribution >= 4 is 39.1 Å². The van der Waals surface area contributed by atoms with E-state index in [1.165, 1.54) is 5.56 Å². The predicted octanol–water partition coefficient (Wildman–Crippen LogP) is 4.23. The molecule has 1 aromatic heterocycles. The molecule has 1 heterocycles. The third kappa shape index (κ3) is 1.54. The predicted molar refractivity (Wildman–Crippen MR) is 59.5 cm³/mol. The van der Waals surface area contributed by atoms with Crippen molar-refractivity contribution in [2.45, 2.75) is 6.92 Å². The van der Waals surface area contributed by atoms with Crippen molar-refractivity contribution in [2.75, 3.05) is 0 Å². The maximum atomic E-state index is 5.36. The highest BCUT2D eigenvalue weighted by atomic mass is 79.9. The second kappa shape index (κ2) is 3.24. The molecule has 0 radical (unpaired) electrons. The number of fused-ring (bicyclic) bond motifs is 1. The molecule has 0 fully saturated rings. The summed E-state index contributed by atoms with van der Waals surface area (Å²) in [6, 6.07) is 5.98. The van der Waals surface area contributed by atoms with Crippen LogP contribution < -0.4 is 0 Å². The van der Waals surface area contributed by atoms with Crippen LogP contribution in [0.1, 0.15) is 5.56 Å². The maximum absolute atomic E-state index is 5.36. The molecule has 2 rings (SSSR count). The van der Waals surface area contributed by atoms with Crippen molar-refractivity contribution in [3.05, 3.63) is 39.0 Å². The lowest BCUT2D eigenvalue weighted by Gasteiger charge is -1.99. The lowest BCUT2D eigenvalue weighted by Crippen LogP contribution is -1.77. The van der Waals surface area contributed by atoms with E-state index < -0.39 is 0 Å². The van der Waals surface area contributed by atoms with Crippen molar-refractivity contribution < 1.29 is 4.42 Å². The van der Waals surface area contributed by atoms with Gasteiger partial charge in [0.15, 0.2) is 0 Å². The Bertz CT molecular complexity index is 511. The molecule has 0 saturated carbocycles. The van der Waals surface area contributed by atoms with Crippen molar-refractivity contribution in [3.63, 3.8) is 0 Å². The van der Waals surface area contributed by atoms with Crippen molar-refractivity contribution in [2.24, 2.45) is 0 Å². The van der Waals surface area contributed by atoms with Crippen molar-refractivity contribution in [1.82, 2.24) is 0 Å². The molecule has 0 atom stereocenters. The van der Waals surface area contributed by atoms with Gasteiger partial charge in [-0.3, -0.25) is 0 Å². The average Bonchev–Trinajstić information content (AvgIpc) is 2.12. The topological polar surface area (TPSA) is 13.1 Å². The van der Waals surface area contributed by atoms with Gasteiger partial charge in [0.2, 0.25) is 0 Å². The van der Waals surface area contributed by atoms with Gasteiger partial charge in [0, 0.05) is 5.39 Å². The van der Waals surface area contributed by atoms with Crippen LogP contribution in [0.3, 0.4) is 0 Å². The van der Waals surface area contributed by atoms with E-state index in [0.29, 0.717) is 0 Å². The fraction of sp³-hybridized carbons (Fsp3) is 0.100. The summed E-state index contributed by atoms with van der Waals surface area (Å²) in [6.45, 7) is 2.04. The zero-order chi connectivity index (χ0) is 9.42. The Kier molecular flexibility index (Phi) is 2.22. The molecule has 13 heavy (non-hydrogen) atoms. The van der Waals surface area contributed by atoms with Gasteiger partial charge in [-0.1, -0.05) is 23.8 Å². The SMILES string of the molecule is Cc1ccc2occ(Br)c(=S)c2c1. The average molecular weight is 255 g/mol. The summed E-state index contributed by atoms with van der Waals surface area (Å²) < 4.78 is 7.01. The fourth-order valence-corrected chi connectivity index (χ4v) is 1.74. The minimum Gasteiger partial charge on any atom is -0.463 e. The quantitative estimate of drug-likeness (QED) is 0.653. The molecule has 0 aliphatic rings. The van der Waals surface area contributed by atoms with E-state index in [1.807, 2.05) is 25.1 Å². The van der Waals surface area contributed by atoms with Crippen LogP contribution in [0.15, 0.2) is 33.4 Å². The summed E-state index contributed by atoms with van der Waals surface area (Å²) in [5.41, 5.74) is 2.02. The van der Waals surface area contributed by atoms with Crippen LogP contribution in [0.25, 0.3) is 11.0 Å². The Balaban J connectivity index is 2.97. The summed E-state index contributed by atoms with van der Waals surface area (Å²) in [5, 5.41) is 0.990. The van der Waals surface area contributed by atoms with Gasteiger partial charge in [-0.25, -0.2) is 0 Å². The summed E-state index contributed by atoms with van der Waals surface area (Å²) in [6.07, 6.45) is 1.62. The standard InChI is InChI=1S/C10H7BrOS/c1-6-2-3-9-7(4-6)10(13)8(11)5-12-9/h2-5H,1H3. The molecule has 2 aromatic rings. The van der Waals surface area contributed by atoms with E-state index in [0.717, 1.165) is 20.0 Å². The summed E-state index contributed by atoms with van der Waals surface area (Å²) in [5.74, 6) is 0.